The van der Waals surface area contributed by atoms with E-state index < -0.39 is 9.84 Å². The standard InChI is InChI=1S/C10H13Cl2NO3S/c11-9-2-1-8(7-10(9)12)17(15,16)6-4-13-3-5-14/h1-2,7,13-14H,3-6H2. The molecule has 96 valence electrons. The number of rotatable bonds is 6. The van der Waals surface area contributed by atoms with E-state index >= 15 is 0 Å². The van der Waals surface area contributed by atoms with E-state index in [0.717, 1.165) is 0 Å². The monoisotopic (exact) mass is 297 g/mol. The third-order valence-corrected chi connectivity index (χ3v) is 4.54. The van der Waals surface area contributed by atoms with Crippen molar-refractivity contribution < 1.29 is 13.5 Å². The lowest BCUT2D eigenvalue weighted by atomic mass is 10.4. The van der Waals surface area contributed by atoms with Gasteiger partial charge in [0.2, 0.25) is 0 Å². The van der Waals surface area contributed by atoms with E-state index in [2.05, 4.69) is 5.32 Å². The second kappa shape index (κ2) is 6.56. The van der Waals surface area contributed by atoms with Gasteiger partial charge in [-0.15, -0.1) is 0 Å². The summed E-state index contributed by atoms with van der Waals surface area (Å²) >= 11 is 11.5. The van der Waals surface area contributed by atoms with Gasteiger partial charge in [0.05, 0.1) is 27.3 Å². The first kappa shape index (κ1) is 14.7. The quantitative estimate of drug-likeness (QED) is 0.778. The average molecular weight is 298 g/mol. The van der Waals surface area contributed by atoms with E-state index in [-0.39, 0.29) is 28.8 Å². The minimum absolute atomic E-state index is 0.0210. The summed E-state index contributed by atoms with van der Waals surface area (Å²) in [4.78, 5) is 0.151. The molecule has 0 bridgehead atoms. The van der Waals surface area contributed by atoms with Crippen molar-refractivity contribution in [3.8, 4) is 0 Å². The zero-order chi connectivity index (χ0) is 12.9. The van der Waals surface area contributed by atoms with Gasteiger partial charge in [0, 0.05) is 13.1 Å². The second-order valence-corrected chi connectivity index (χ2v) is 6.29. The van der Waals surface area contributed by atoms with Gasteiger partial charge in [-0.3, -0.25) is 0 Å². The van der Waals surface area contributed by atoms with E-state index in [1.807, 2.05) is 0 Å². The summed E-state index contributed by atoms with van der Waals surface area (Å²) in [7, 11) is -3.37. The molecule has 1 aromatic carbocycles. The molecule has 0 aliphatic rings. The van der Waals surface area contributed by atoms with Crippen LogP contribution in [0.5, 0.6) is 0 Å². The first-order chi connectivity index (χ1) is 7.97. The topological polar surface area (TPSA) is 66.4 Å². The molecule has 1 aromatic rings. The maximum absolute atomic E-state index is 11.9. The Bertz CT molecular complexity index is 476. The molecule has 0 spiro atoms. The predicted octanol–water partition coefficient (Wildman–Crippen LogP) is 1.35. The Morgan fingerprint density at radius 2 is 1.88 bits per heavy atom. The van der Waals surface area contributed by atoms with Crippen molar-refractivity contribution >= 4 is 33.0 Å². The highest BCUT2D eigenvalue weighted by molar-refractivity contribution is 7.91. The highest BCUT2D eigenvalue weighted by atomic mass is 35.5. The van der Waals surface area contributed by atoms with Crippen LogP contribution in [-0.2, 0) is 9.84 Å². The number of sulfone groups is 1. The SMILES string of the molecule is O=S(=O)(CCNCCO)c1ccc(Cl)c(Cl)c1. The molecule has 0 fully saturated rings. The minimum atomic E-state index is -3.37. The maximum atomic E-state index is 11.9. The number of hydrogen-bond acceptors (Lipinski definition) is 4. The van der Waals surface area contributed by atoms with Crippen LogP contribution < -0.4 is 5.32 Å². The van der Waals surface area contributed by atoms with Crippen LogP contribution in [0.2, 0.25) is 10.0 Å². The van der Waals surface area contributed by atoms with Crippen LogP contribution in [0.25, 0.3) is 0 Å². The Balaban J connectivity index is 2.72. The molecule has 17 heavy (non-hydrogen) atoms. The number of halogens is 2. The molecule has 0 atom stereocenters. The molecule has 7 heteroatoms. The lowest BCUT2D eigenvalue weighted by molar-refractivity contribution is 0.293. The number of aliphatic hydroxyl groups excluding tert-OH is 1. The molecule has 0 amide bonds. The molecular formula is C10H13Cl2NO3S. The fourth-order valence-electron chi connectivity index (χ4n) is 1.20. The van der Waals surface area contributed by atoms with Crippen molar-refractivity contribution in [2.45, 2.75) is 4.90 Å². The minimum Gasteiger partial charge on any atom is -0.395 e. The molecule has 0 radical (unpaired) electrons. The van der Waals surface area contributed by atoms with Gasteiger partial charge < -0.3 is 10.4 Å². The van der Waals surface area contributed by atoms with Gasteiger partial charge in [-0.2, -0.15) is 0 Å². The normalized spacial score (nSPS) is 11.7. The second-order valence-electron chi connectivity index (χ2n) is 3.37. The van der Waals surface area contributed by atoms with Gasteiger partial charge in [-0.25, -0.2) is 8.42 Å². The molecule has 0 unspecified atom stereocenters. The Hall–Kier alpha value is -0.330. The maximum Gasteiger partial charge on any atom is 0.179 e. The Kier molecular flexibility index (Phi) is 5.69. The average Bonchev–Trinajstić information content (AvgIpc) is 2.28. The van der Waals surface area contributed by atoms with Crippen LogP contribution in [0.4, 0.5) is 0 Å². The van der Waals surface area contributed by atoms with Crippen LogP contribution in [-0.4, -0.2) is 39.0 Å². The van der Waals surface area contributed by atoms with E-state index in [1.165, 1.54) is 18.2 Å². The summed E-state index contributed by atoms with van der Waals surface area (Å²) in [6.07, 6.45) is 0. The van der Waals surface area contributed by atoms with Crippen molar-refractivity contribution in [1.29, 1.82) is 0 Å². The Morgan fingerprint density at radius 3 is 2.47 bits per heavy atom. The molecule has 2 N–H and O–H groups in total. The zero-order valence-electron chi connectivity index (χ0n) is 8.99. The summed E-state index contributed by atoms with van der Waals surface area (Å²) in [6, 6.07) is 4.22. The highest BCUT2D eigenvalue weighted by Gasteiger charge is 2.15. The van der Waals surface area contributed by atoms with E-state index in [0.29, 0.717) is 11.6 Å². The summed E-state index contributed by atoms with van der Waals surface area (Å²) < 4.78 is 23.7. The van der Waals surface area contributed by atoms with Crippen molar-refractivity contribution in [1.82, 2.24) is 5.32 Å². The lowest BCUT2D eigenvalue weighted by Crippen LogP contribution is -2.25. The zero-order valence-corrected chi connectivity index (χ0v) is 11.3. The fourth-order valence-corrected chi connectivity index (χ4v) is 2.78. The van der Waals surface area contributed by atoms with Gasteiger partial charge in [0.25, 0.3) is 0 Å². The summed E-state index contributed by atoms with van der Waals surface area (Å²) in [5.74, 6) is -0.0506. The molecule has 4 nitrogen and oxygen atoms in total. The third kappa shape index (κ3) is 4.44. The molecule has 0 aromatic heterocycles. The summed E-state index contributed by atoms with van der Waals surface area (Å²) in [5.41, 5.74) is 0. The number of hydrogen-bond donors (Lipinski definition) is 2. The number of benzene rings is 1. The summed E-state index contributed by atoms with van der Waals surface area (Å²) in [6.45, 7) is 0.632. The van der Waals surface area contributed by atoms with E-state index in [9.17, 15) is 8.42 Å². The summed E-state index contributed by atoms with van der Waals surface area (Å²) in [5, 5.41) is 11.9. The number of nitrogens with one attached hydrogen (secondary N) is 1. The van der Waals surface area contributed by atoms with Crippen LogP contribution in [0.3, 0.4) is 0 Å². The largest absolute Gasteiger partial charge is 0.395 e. The van der Waals surface area contributed by atoms with E-state index in [4.69, 9.17) is 28.3 Å². The van der Waals surface area contributed by atoms with Gasteiger partial charge in [0.15, 0.2) is 9.84 Å². The Morgan fingerprint density at radius 1 is 1.18 bits per heavy atom. The van der Waals surface area contributed by atoms with Crippen molar-refractivity contribution in [2.75, 3.05) is 25.4 Å². The molecular weight excluding hydrogens is 285 g/mol. The third-order valence-electron chi connectivity index (χ3n) is 2.09. The highest BCUT2D eigenvalue weighted by Crippen LogP contribution is 2.25. The van der Waals surface area contributed by atoms with Gasteiger partial charge >= 0.3 is 0 Å². The molecule has 0 aliphatic carbocycles. The molecule has 0 saturated carbocycles. The fraction of sp³-hybridized carbons (Fsp3) is 0.400. The first-order valence-electron chi connectivity index (χ1n) is 4.97. The van der Waals surface area contributed by atoms with Gasteiger partial charge in [-0.1, -0.05) is 23.2 Å². The molecule has 0 heterocycles. The predicted molar refractivity (Wildman–Crippen MR) is 68.5 cm³/mol. The number of aliphatic hydroxyl groups is 1. The van der Waals surface area contributed by atoms with Crippen molar-refractivity contribution in [3.05, 3.63) is 28.2 Å². The smallest absolute Gasteiger partial charge is 0.179 e. The van der Waals surface area contributed by atoms with Gasteiger partial charge in [-0.05, 0) is 18.2 Å². The van der Waals surface area contributed by atoms with Gasteiger partial charge in [0.1, 0.15) is 0 Å². The Labute approximate surface area is 110 Å². The van der Waals surface area contributed by atoms with Crippen molar-refractivity contribution in [3.63, 3.8) is 0 Å². The van der Waals surface area contributed by atoms with Crippen LogP contribution in [0.15, 0.2) is 23.1 Å². The lowest BCUT2D eigenvalue weighted by Gasteiger charge is -2.06. The van der Waals surface area contributed by atoms with Crippen LogP contribution in [0, 0.1) is 0 Å². The van der Waals surface area contributed by atoms with E-state index in [1.54, 1.807) is 0 Å². The molecule has 0 aliphatic heterocycles. The van der Waals surface area contributed by atoms with Crippen molar-refractivity contribution in [2.24, 2.45) is 0 Å². The van der Waals surface area contributed by atoms with Crippen LogP contribution >= 0.6 is 23.2 Å². The van der Waals surface area contributed by atoms with Crippen LogP contribution in [0.1, 0.15) is 0 Å². The molecule has 0 saturated heterocycles. The molecule has 1 rings (SSSR count). The first-order valence-corrected chi connectivity index (χ1v) is 7.37.